The van der Waals surface area contributed by atoms with Gasteiger partial charge in [-0.05, 0) is 41.8 Å². The van der Waals surface area contributed by atoms with Gasteiger partial charge in [-0.15, -0.1) is 11.3 Å². The first kappa shape index (κ1) is 17.7. The van der Waals surface area contributed by atoms with E-state index in [1.807, 2.05) is 6.07 Å². The maximum absolute atomic E-state index is 12.3. The van der Waals surface area contributed by atoms with Crippen LogP contribution in [-0.4, -0.2) is 33.9 Å². The number of sulfonamides is 2. The summed E-state index contributed by atoms with van der Waals surface area (Å²) in [4.78, 5) is 0. The number of anilines is 1. The molecule has 24 heavy (non-hydrogen) atoms. The fourth-order valence-corrected chi connectivity index (χ4v) is 5.85. The quantitative estimate of drug-likeness (QED) is 0.845. The standard InChI is InChI=1S/C14H15ClN2O4S3/c1-23(18,19)17-7-6-10-2-3-12(8-11(10)9-17)16-24(20,21)14-5-4-13(15)22-14/h2-5,8,16H,6-7,9H2,1H3. The van der Waals surface area contributed by atoms with Crippen molar-refractivity contribution in [2.24, 2.45) is 0 Å². The number of fused-ring (bicyclic) bond motifs is 1. The Morgan fingerprint density at radius 3 is 2.50 bits per heavy atom. The van der Waals surface area contributed by atoms with Crippen molar-refractivity contribution in [1.82, 2.24) is 4.31 Å². The molecule has 10 heteroatoms. The first-order valence-corrected chi connectivity index (χ1v) is 11.5. The van der Waals surface area contributed by atoms with E-state index in [9.17, 15) is 16.8 Å². The van der Waals surface area contributed by atoms with Crippen LogP contribution >= 0.6 is 22.9 Å². The van der Waals surface area contributed by atoms with Crippen LogP contribution < -0.4 is 4.72 Å². The molecule has 1 N–H and O–H groups in total. The number of benzene rings is 1. The predicted molar refractivity (Wildman–Crippen MR) is 95.5 cm³/mol. The molecule has 0 saturated carbocycles. The van der Waals surface area contributed by atoms with Gasteiger partial charge in [0.25, 0.3) is 10.0 Å². The number of nitrogens with one attached hydrogen (secondary N) is 1. The van der Waals surface area contributed by atoms with Crippen LogP contribution in [0.25, 0.3) is 0 Å². The third kappa shape index (κ3) is 3.75. The molecule has 130 valence electrons. The highest BCUT2D eigenvalue weighted by Gasteiger charge is 2.24. The van der Waals surface area contributed by atoms with E-state index in [1.54, 1.807) is 12.1 Å². The third-order valence-electron chi connectivity index (χ3n) is 3.72. The molecule has 0 spiro atoms. The molecule has 0 amide bonds. The monoisotopic (exact) mass is 406 g/mol. The van der Waals surface area contributed by atoms with E-state index in [4.69, 9.17) is 11.6 Å². The molecule has 0 unspecified atom stereocenters. The van der Waals surface area contributed by atoms with Crippen LogP contribution in [0.1, 0.15) is 11.1 Å². The SMILES string of the molecule is CS(=O)(=O)N1CCc2ccc(NS(=O)(=O)c3ccc(Cl)s3)cc2C1. The van der Waals surface area contributed by atoms with Gasteiger partial charge in [0.1, 0.15) is 4.21 Å². The van der Waals surface area contributed by atoms with Crippen molar-refractivity contribution >= 4 is 48.7 Å². The summed E-state index contributed by atoms with van der Waals surface area (Å²) in [5.74, 6) is 0. The summed E-state index contributed by atoms with van der Waals surface area (Å²) in [6.07, 6.45) is 1.78. The maximum Gasteiger partial charge on any atom is 0.271 e. The molecule has 0 bridgehead atoms. The zero-order chi connectivity index (χ0) is 17.5. The first-order chi connectivity index (χ1) is 11.1. The topological polar surface area (TPSA) is 83.6 Å². The van der Waals surface area contributed by atoms with Crippen LogP contribution in [0.5, 0.6) is 0 Å². The second kappa shape index (κ2) is 6.30. The van der Waals surface area contributed by atoms with Crippen molar-refractivity contribution in [2.45, 2.75) is 17.2 Å². The van der Waals surface area contributed by atoms with Crippen molar-refractivity contribution < 1.29 is 16.8 Å². The van der Waals surface area contributed by atoms with Crippen molar-refractivity contribution in [2.75, 3.05) is 17.5 Å². The summed E-state index contributed by atoms with van der Waals surface area (Å²) in [5.41, 5.74) is 2.22. The molecule has 1 aromatic heterocycles. The minimum absolute atomic E-state index is 0.128. The van der Waals surface area contributed by atoms with Crippen LogP contribution in [0, 0.1) is 0 Å². The Labute approximate surface area is 150 Å². The molecule has 6 nitrogen and oxygen atoms in total. The predicted octanol–water partition coefficient (Wildman–Crippen LogP) is 2.52. The molecule has 1 aliphatic rings. The molecule has 0 atom stereocenters. The molecule has 2 aromatic rings. The molecule has 1 aromatic carbocycles. The van der Waals surface area contributed by atoms with E-state index in [-0.39, 0.29) is 10.8 Å². The van der Waals surface area contributed by atoms with Gasteiger partial charge in [0.05, 0.1) is 10.6 Å². The number of rotatable bonds is 4. The number of nitrogens with zero attached hydrogens (tertiary/aromatic N) is 1. The third-order valence-corrected chi connectivity index (χ3v) is 8.07. The highest BCUT2D eigenvalue weighted by Crippen LogP contribution is 2.29. The molecule has 1 aliphatic heterocycles. The lowest BCUT2D eigenvalue weighted by molar-refractivity contribution is 0.395. The van der Waals surface area contributed by atoms with Crippen LogP contribution in [0.4, 0.5) is 5.69 Å². The zero-order valence-corrected chi connectivity index (χ0v) is 15.9. The van der Waals surface area contributed by atoms with Crippen molar-refractivity contribution in [3.8, 4) is 0 Å². The van der Waals surface area contributed by atoms with Crippen LogP contribution in [0.2, 0.25) is 4.34 Å². The van der Waals surface area contributed by atoms with Gasteiger partial charge in [0.15, 0.2) is 0 Å². The summed E-state index contributed by atoms with van der Waals surface area (Å²) in [5, 5.41) is 0. The van der Waals surface area contributed by atoms with E-state index in [2.05, 4.69) is 4.72 Å². The van der Waals surface area contributed by atoms with Crippen LogP contribution in [-0.2, 0) is 33.0 Å². The summed E-state index contributed by atoms with van der Waals surface area (Å²) in [6, 6.07) is 8.16. The number of hydrogen-bond donors (Lipinski definition) is 1. The van der Waals surface area contributed by atoms with Crippen molar-refractivity contribution in [3.05, 3.63) is 45.8 Å². The maximum atomic E-state index is 12.3. The van der Waals surface area contributed by atoms with E-state index < -0.39 is 20.0 Å². The average Bonchev–Trinajstić information content (AvgIpc) is 2.93. The largest absolute Gasteiger partial charge is 0.279 e. The summed E-state index contributed by atoms with van der Waals surface area (Å²) < 4.78 is 52.5. The smallest absolute Gasteiger partial charge is 0.271 e. The van der Waals surface area contributed by atoms with Gasteiger partial charge in [-0.25, -0.2) is 16.8 Å². The second-order valence-electron chi connectivity index (χ2n) is 5.49. The molecular formula is C14H15ClN2O4S3. The molecule has 0 saturated heterocycles. The number of hydrogen-bond acceptors (Lipinski definition) is 5. The molecule has 0 aliphatic carbocycles. The Bertz CT molecular complexity index is 983. The number of halogens is 1. The zero-order valence-electron chi connectivity index (χ0n) is 12.7. The van der Waals surface area contributed by atoms with E-state index in [0.717, 1.165) is 22.5 Å². The first-order valence-electron chi connectivity index (χ1n) is 7.00. The van der Waals surface area contributed by atoms with Crippen molar-refractivity contribution in [1.29, 1.82) is 0 Å². The Morgan fingerprint density at radius 1 is 1.12 bits per heavy atom. The Morgan fingerprint density at radius 2 is 1.88 bits per heavy atom. The number of thiophene rings is 1. The fourth-order valence-electron chi connectivity index (χ4n) is 2.53. The lowest BCUT2D eigenvalue weighted by atomic mass is 10.0. The Balaban J connectivity index is 1.87. The highest BCUT2D eigenvalue weighted by molar-refractivity contribution is 7.94. The van der Waals surface area contributed by atoms with E-state index >= 15 is 0 Å². The summed E-state index contributed by atoms with van der Waals surface area (Å²) in [7, 11) is -6.98. The van der Waals surface area contributed by atoms with Crippen LogP contribution in [0.3, 0.4) is 0 Å². The Hall–Kier alpha value is -1.13. The second-order valence-corrected chi connectivity index (χ2v) is 11.1. The lowest BCUT2D eigenvalue weighted by Crippen LogP contribution is -2.35. The molecular weight excluding hydrogens is 392 g/mol. The van der Waals surface area contributed by atoms with Crippen molar-refractivity contribution in [3.63, 3.8) is 0 Å². The van der Waals surface area contributed by atoms with Gasteiger partial charge in [-0.3, -0.25) is 4.72 Å². The average molecular weight is 407 g/mol. The van der Waals surface area contributed by atoms with Gasteiger partial charge >= 0.3 is 0 Å². The summed E-state index contributed by atoms with van der Waals surface area (Å²) in [6.45, 7) is 0.680. The van der Waals surface area contributed by atoms with Gasteiger partial charge in [0.2, 0.25) is 10.0 Å². The molecule has 2 heterocycles. The normalized spacial score (nSPS) is 15.9. The van der Waals surface area contributed by atoms with Gasteiger partial charge in [0, 0.05) is 18.8 Å². The molecule has 3 rings (SSSR count). The highest BCUT2D eigenvalue weighted by atomic mass is 35.5. The molecule has 0 fully saturated rings. The van der Waals surface area contributed by atoms with Gasteiger partial charge < -0.3 is 0 Å². The lowest BCUT2D eigenvalue weighted by Gasteiger charge is -2.27. The van der Waals surface area contributed by atoms with Gasteiger partial charge in [-0.2, -0.15) is 4.31 Å². The van der Waals surface area contributed by atoms with E-state index in [1.165, 1.54) is 22.7 Å². The summed E-state index contributed by atoms with van der Waals surface area (Å²) >= 11 is 6.76. The van der Waals surface area contributed by atoms with Gasteiger partial charge in [-0.1, -0.05) is 17.7 Å². The minimum Gasteiger partial charge on any atom is -0.279 e. The Kier molecular flexibility index (Phi) is 4.65. The molecule has 0 radical (unpaired) electrons. The van der Waals surface area contributed by atoms with Crippen LogP contribution in [0.15, 0.2) is 34.5 Å². The minimum atomic E-state index is -3.71. The van der Waals surface area contributed by atoms with E-state index in [0.29, 0.717) is 23.0 Å². The fraction of sp³-hybridized carbons (Fsp3) is 0.286.